The van der Waals surface area contributed by atoms with Crippen LogP contribution in [0.15, 0.2) is 22.8 Å². The lowest BCUT2D eigenvalue weighted by Crippen LogP contribution is -2.29. The van der Waals surface area contributed by atoms with Crippen LogP contribution in [0.5, 0.6) is 0 Å². The van der Waals surface area contributed by atoms with E-state index in [-0.39, 0.29) is 5.97 Å². The van der Waals surface area contributed by atoms with Gasteiger partial charge in [-0.25, -0.2) is 0 Å². The Hall–Kier alpha value is -1.25. The number of esters is 1. The van der Waals surface area contributed by atoms with Crippen LogP contribution in [0.2, 0.25) is 0 Å². The summed E-state index contributed by atoms with van der Waals surface area (Å²) in [6.07, 6.45) is 1.54. The summed E-state index contributed by atoms with van der Waals surface area (Å²) in [7, 11) is 1.37. The van der Waals surface area contributed by atoms with E-state index >= 15 is 0 Å². The summed E-state index contributed by atoms with van der Waals surface area (Å²) in [5.41, 5.74) is -0.696. The molecule has 0 aromatic carbocycles. The van der Waals surface area contributed by atoms with Crippen LogP contribution >= 0.6 is 0 Å². The number of furan rings is 1. The van der Waals surface area contributed by atoms with Crippen molar-refractivity contribution in [3.63, 3.8) is 0 Å². The molecule has 0 aliphatic rings. The quantitative estimate of drug-likeness (QED) is 0.631. The Morgan fingerprint density at radius 2 is 2.25 bits per heavy atom. The van der Waals surface area contributed by atoms with Gasteiger partial charge in [0.1, 0.15) is 11.2 Å². The average Bonchev–Trinajstić information content (AvgIpc) is 2.55. The first kappa shape index (κ1) is 8.84. The second-order valence-electron chi connectivity index (χ2n) is 3.09. The SMILES string of the molecule is COC(=O)C(C)(C)c1ccco1. The molecule has 0 aliphatic heterocycles. The van der Waals surface area contributed by atoms with E-state index in [0.717, 1.165) is 0 Å². The predicted molar refractivity (Wildman–Crippen MR) is 43.8 cm³/mol. The van der Waals surface area contributed by atoms with E-state index in [1.54, 1.807) is 32.2 Å². The van der Waals surface area contributed by atoms with Gasteiger partial charge in [0.25, 0.3) is 0 Å². The molecule has 0 saturated heterocycles. The third-order valence-corrected chi connectivity index (χ3v) is 1.83. The van der Waals surface area contributed by atoms with E-state index in [4.69, 9.17) is 4.42 Å². The third kappa shape index (κ3) is 1.35. The molecule has 0 aliphatic carbocycles. The van der Waals surface area contributed by atoms with Crippen molar-refractivity contribution in [1.29, 1.82) is 0 Å². The van der Waals surface area contributed by atoms with Crippen LogP contribution in [-0.2, 0) is 14.9 Å². The van der Waals surface area contributed by atoms with Crippen LogP contribution < -0.4 is 0 Å². The molecule has 66 valence electrons. The summed E-state index contributed by atoms with van der Waals surface area (Å²) in [5, 5.41) is 0. The minimum absolute atomic E-state index is 0.294. The number of hydrogen-bond acceptors (Lipinski definition) is 3. The summed E-state index contributed by atoms with van der Waals surface area (Å²) >= 11 is 0. The first-order chi connectivity index (χ1) is 5.59. The smallest absolute Gasteiger partial charge is 0.318 e. The van der Waals surface area contributed by atoms with Crippen molar-refractivity contribution >= 4 is 5.97 Å². The highest BCUT2D eigenvalue weighted by Crippen LogP contribution is 2.24. The Bertz CT molecular complexity index is 259. The molecule has 0 fully saturated rings. The molecular formula is C9H12O3. The van der Waals surface area contributed by atoms with Crippen LogP contribution in [0.1, 0.15) is 19.6 Å². The average molecular weight is 168 g/mol. The van der Waals surface area contributed by atoms with E-state index in [2.05, 4.69) is 4.74 Å². The van der Waals surface area contributed by atoms with Gasteiger partial charge in [-0.15, -0.1) is 0 Å². The van der Waals surface area contributed by atoms with Crippen LogP contribution in [0.25, 0.3) is 0 Å². The third-order valence-electron chi connectivity index (χ3n) is 1.83. The number of hydrogen-bond donors (Lipinski definition) is 0. The monoisotopic (exact) mass is 168 g/mol. The van der Waals surface area contributed by atoms with Crippen LogP contribution in [0.3, 0.4) is 0 Å². The van der Waals surface area contributed by atoms with E-state index in [1.807, 2.05) is 0 Å². The van der Waals surface area contributed by atoms with Crippen LogP contribution in [0.4, 0.5) is 0 Å². The molecule has 1 aromatic heterocycles. The molecule has 0 radical (unpaired) electrons. The molecule has 3 heteroatoms. The molecular weight excluding hydrogens is 156 g/mol. The van der Waals surface area contributed by atoms with Crippen LogP contribution in [-0.4, -0.2) is 13.1 Å². The topological polar surface area (TPSA) is 39.4 Å². The summed E-state index contributed by atoms with van der Waals surface area (Å²) < 4.78 is 9.76. The molecule has 0 amide bonds. The molecule has 0 saturated carbocycles. The fourth-order valence-corrected chi connectivity index (χ4v) is 0.990. The maximum absolute atomic E-state index is 11.2. The minimum atomic E-state index is -0.696. The Morgan fingerprint density at radius 1 is 1.58 bits per heavy atom. The van der Waals surface area contributed by atoms with Crippen molar-refractivity contribution in [3.8, 4) is 0 Å². The molecule has 0 unspecified atom stereocenters. The van der Waals surface area contributed by atoms with E-state index in [1.165, 1.54) is 7.11 Å². The van der Waals surface area contributed by atoms with Crippen molar-refractivity contribution in [2.75, 3.05) is 7.11 Å². The van der Waals surface area contributed by atoms with Crippen molar-refractivity contribution < 1.29 is 13.9 Å². The maximum atomic E-state index is 11.2. The first-order valence-corrected chi connectivity index (χ1v) is 3.71. The summed E-state index contributed by atoms with van der Waals surface area (Å²) in [6.45, 7) is 3.52. The number of methoxy groups -OCH3 is 1. The standard InChI is InChI=1S/C9H12O3/c1-9(2,8(10)11-3)7-5-4-6-12-7/h4-6H,1-3H3. The maximum Gasteiger partial charge on any atom is 0.318 e. The van der Waals surface area contributed by atoms with Crippen molar-refractivity contribution in [2.45, 2.75) is 19.3 Å². The Morgan fingerprint density at radius 3 is 2.67 bits per heavy atom. The van der Waals surface area contributed by atoms with E-state index in [0.29, 0.717) is 5.76 Å². The number of carbonyl (C=O) groups excluding carboxylic acids is 1. The molecule has 0 N–H and O–H groups in total. The molecule has 12 heavy (non-hydrogen) atoms. The van der Waals surface area contributed by atoms with E-state index < -0.39 is 5.41 Å². The van der Waals surface area contributed by atoms with Gasteiger partial charge >= 0.3 is 5.97 Å². The van der Waals surface area contributed by atoms with Gasteiger partial charge in [0.05, 0.1) is 13.4 Å². The van der Waals surface area contributed by atoms with Gasteiger partial charge in [-0.05, 0) is 26.0 Å². The number of carbonyl (C=O) groups is 1. The fourth-order valence-electron chi connectivity index (χ4n) is 0.990. The number of ether oxygens (including phenoxy) is 1. The van der Waals surface area contributed by atoms with Crippen LogP contribution in [0, 0.1) is 0 Å². The minimum Gasteiger partial charge on any atom is -0.468 e. The predicted octanol–water partition coefficient (Wildman–Crippen LogP) is 1.73. The summed E-state index contributed by atoms with van der Waals surface area (Å²) in [6, 6.07) is 3.51. The number of rotatable bonds is 2. The highest BCUT2D eigenvalue weighted by Gasteiger charge is 2.33. The second-order valence-corrected chi connectivity index (χ2v) is 3.09. The summed E-state index contributed by atoms with van der Waals surface area (Å²) in [5.74, 6) is 0.326. The van der Waals surface area contributed by atoms with Crippen molar-refractivity contribution in [3.05, 3.63) is 24.2 Å². The van der Waals surface area contributed by atoms with Crippen molar-refractivity contribution in [1.82, 2.24) is 0 Å². The lowest BCUT2D eigenvalue weighted by molar-refractivity contribution is -0.146. The van der Waals surface area contributed by atoms with Gasteiger partial charge in [-0.3, -0.25) is 4.79 Å². The fraction of sp³-hybridized carbons (Fsp3) is 0.444. The Kier molecular flexibility index (Phi) is 2.22. The van der Waals surface area contributed by atoms with Gasteiger partial charge < -0.3 is 9.15 Å². The van der Waals surface area contributed by atoms with Gasteiger partial charge in [-0.2, -0.15) is 0 Å². The lowest BCUT2D eigenvalue weighted by atomic mass is 9.91. The largest absolute Gasteiger partial charge is 0.468 e. The normalized spacial score (nSPS) is 11.2. The highest BCUT2D eigenvalue weighted by molar-refractivity contribution is 5.81. The molecule has 1 heterocycles. The first-order valence-electron chi connectivity index (χ1n) is 3.71. The molecule has 0 spiro atoms. The zero-order valence-corrected chi connectivity index (χ0v) is 7.46. The molecule has 3 nitrogen and oxygen atoms in total. The second kappa shape index (κ2) is 3.01. The van der Waals surface area contributed by atoms with Crippen molar-refractivity contribution in [2.24, 2.45) is 0 Å². The zero-order chi connectivity index (χ0) is 9.19. The summed E-state index contributed by atoms with van der Waals surface area (Å²) in [4.78, 5) is 11.2. The van der Waals surface area contributed by atoms with Gasteiger partial charge in [0.15, 0.2) is 0 Å². The molecule has 0 atom stereocenters. The van der Waals surface area contributed by atoms with Gasteiger partial charge in [0, 0.05) is 0 Å². The van der Waals surface area contributed by atoms with Gasteiger partial charge in [0.2, 0.25) is 0 Å². The molecule has 1 aromatic rings. The van der Waals surface area contributed by atoms with Gasteiger partial charge in [-0.1, -0.05) is 0 Å². The lowest BCUT2D eigenvalue weighted by Gasteiger charge is -2.17. The Balaban J connectivity index is 2.93. The molecule has 1 rings (SSSR count). The Labute approximate surface area is 71.3 Å². The molecule has 0 bridgehead atoms. The zero-order valence-electron chi connectivity index (χ0n) is 7.46. The van der Waals surface area contributed by atoms with E-state index in [9.17, 15) is 4.79 Å². The highest BCUT2D eigenvalue weighted by atomic mass is 16.5.